The smallest absolute Gasteiger partial charge is 0.0406 e. The molecule has 0 spiro atoms. The van der Waals surface area contributed by atoms with E-state index in [4.69, 9.17) is 11.6 Å². The van der Waals surface area contributed by atoms with Crippen LogP contribution in [0.2, 0.25) is 0 Å². The van der Waals surface area contributed by atoms with Crippen molar-refractivity contribution in [2.45, 2.75) is 56.5 Å². The molecule has 14 heavy (non-hydrogen) atoms. The number of alkyl halides is 1. The highest BCUT2D eigenvalue weighted by atomic mass is 35.5. The Labute approximate surface area is 91.6 Å². The summed E-state index contributed by atoms with van der Waals surface area (Å²) in [6, 6.07) is 0.813. The fraction of sp³-hybridized carbons (Fsp3) is 1.00. The van der Waals surface area contributed by atoms with Gasteiger partial charge in [-0.2, -0.15) is 0 Å². The van der Waals surface area contributed by atoms with Gasteiger partial charge in [-0.05, 0) is 50.4 Å². The van der Waals surface area contributed by atoms with E-state index >= 15 is 0 Å². The van der Waals surface area contributed by atoms with Crippen molar-refractivity contribution in [1.82, 2.24) is 5.32 Å². The number of fused-ring (bicyclic) bond motifs is 2. The van der Waals surface area contributed by atoms with E-state index < -0.39 is 0 Å². The molecule has 0 heterocycles. The Bertz CT molecular complexity index is 219. The summed E-state index contributed by atoms with van der Waals surface area (Å²) in [6.45, 7) is 0. The van der Waals surface area contributed by atoms with E-state index in [1.807, 2.05) is 0 Å². The van der Waals surface area contributed by atoms with E-state index in [9.17, 15) is 0 Å². The van der Waals surface area contributed by atoms with Gasteiger partial charge in [0, 0.05) is 17.5 Å². The Hall–Kier alpha value is 0.250. The highest BCUT2D eigenvalue weighted by Gasteiger charge is 2.45. The molecule has 3 unspecified atom stereocenters. The number of nitrogens with one attached hydrogen (secondary N) is 1. The molecule has 3 atom stereocenters. The highest BCUT2D eigenvalue weighted by Crippen LogP contribution is 2.46. The van der Waals surface area contributed by atoms with Gasteiger partial charge >= 0.3 is 0 Å². The number of halogens is 1. The molecule has 0 amide bonds. The summed E-state index contributed by atoms with van der Waals surface area (Å²) in [7, 11) is 0. The van der Waals surface area contributed by atoms with E-state index in [0.717, 1.165) is 23.8 Å². The lowest BCUT2D eigenvalue weighted by Gasteiger charge is -2.45. The standard InChI is InChI=1S/C12H20ClN/c13-8-12(4-1-5-12)14-11-7-9-2-3-10(11)6-9/h9-11,14H,1-8H2. The molecular weight excluding hydrogens is 194 g/mol. The molecule has 3 rings (SSSR count). The van der Waals surface area contributed by atoms with Crippen molar-refractivity contribution in [3.8, 4) is 0 Å². The molecular formula is C12H20ClN. The maximum atomic E-state index is 6.08. The quantitative estimate of drug-likeness (QED) is 0.711. The first-order chi connectivity index (χ1) is 6.81. The van der Waals surface area contributed by atoms with Gasteiger partial charge in [0.2, 0.25) is 0 Å². The van der Waals surface area contributed by atoms with Crippen LogP contribution in [0.1, 0.15) is 44.9 Å². The third kappa shape index (κ3) is 1.40. The van der Waals surface area contributed by atoms with Crippen LogP contribution in [-0.2, 0) is 0 Å². The predicted molar refractivity (Wildman–Crippen MR) is 59.7 cm³/mol. The minimum Gasteiger partial charge on any atom is -0.307 e. The molecule has 1 N–H and O–H groups in total. The van der Waals surface area contributed by atoms with Gasteiger partial charge in [-0.1, -0.05) is 6.42 Å². The van der Waals surface area contributed by atoms with Gasteiger partial charge in [-0.25, -0.2) is 0 Å². The van der Waals surface area contributed by atoms with E-state index in [-0.39, 0.29) is 0 Å². The van der Waals surface area contributed by atoms with Gasteiger partial charge in [-0.3, -0.25) is 0 Å². The molecule has 0 radical (unpaired) electrons. The van der Waals surface area contributed by atoms with Crippen LogP contribution in [0.4, 0.5) is 0 Å². The molecule has 80 valence electrons. The van der Waals surface area contributed by atoms with Gasteiger partial charge in [0.15, 0.2) is 0 Å². The van der Waals surface area contributed by atoms with Crippen LogP contribution >= 0.6 is 11.6 Å². The van der Waals surface area contributed by atoms with Crippen molar-refractivity contribution in [2.75, 3.05) is 5.88 Å². The van der Waals surface area contributed by atoms with Gasteiger partial charge in [-0.15, -0.1) is 11.6 Å². The zero-order valence-electron chi connectivity index (χ0n) is 8.77. The minimum absolute atomic E-state index is 0.344. The summed E-state index contributed by atoms with van der Waals surface area (Å²) in [5.41, 5.74) is 0.344. The number of hydrogen-bond donors (Lipinski definition) is 1. The summed E-state index contributed by atoms with van der Waals surface area (Å²) in [5, 5.41) is 3.88. The van der Waals surface area contributed by atoms with Gasteiger partial charge in [0.25, 0.3) is 0 Å². The summed E-state index contributed by atoms with van der Waals surface area (Å²) in [5.74, 6) is 2.85. The zero-order chi connectivity index (χ0) is 9.60. The zero-order valence-corrected chi connectivity index (χ0v) is 9.52. The Morgan fingerprint density at radius 2 is 2.07 bits per heavy atom. The number of hydrogen-bond acceptors (Lipinski definition) is 1. The molecule has 3 fully saturated rings. The summed E-state index contributed by atoms with van der Waals surface area (Å²) < 4.78 is 0. The molecule has 3 aliphatic rings. The van der Waals surface area contributed by atoms with Crippen molar-refractivity contribution >= 4 is 11.6 Å². The van der Waals surface area contributed by atoms with Crippen LogP contribution in [0, 0.1) is 11.8 Å². The second kappa shape index (κ2) is 3.38. The maximum Gasteiger partial charge on any atom is 0.0406 e. The van der Waals surface area contributed by atoms with E-state index in [1.165, 1.54) is 44.9 Å². The average molecular weight is 214 g/mol. The van der Waals surface area contributed by atoms with Crippen molar-refractivity contribution in [3.05, 3.63) is 0 Å². The molecule has 0 aromatic carbocycles. The van der Waals surface area contributed by atoms with Crippen molar-refractivity contribution in [2.24, 2.45) is 11.8 Å². The SMILES string of the molecule is ClCC1(NC2CC3CCC2C3)CCC1. The fourth-order valence-electron chi connectivity index (χ4n) is 3.73. The lowest BCUT2D eigenvalue weighted by molar-refractivity contribution is 0.164. The third-order valence-electron chi connectivity index (χ3n) is 4.80. The van der Waals surface area contributed by atoms with Crippen LogP contribution in [-0.4, -0.2) is 17.5 Å². The molecule has 0 aromatic heterocycles. The topological polar surface area (TPSA) is 12.0 Å². The molecule has 0 aliphatic heterocycles. The monoisotopic (exact) mass is 213 g/mol. The summed E-state index contributed by atoms with van der Waals surface area (Å²) >= 11 is 6.08. The van der Waals surface area contributed by atoms with Gasteiger partial charge in [0.1, 0.15) is 0 Å². The van der Waals surface area contributed by atoms with Crippen LogP contribution in [0.5, 0.6) is 0 Å². The first-order valence-corrected chi connectivity index (χ1v) is 6.68. The Morgan fingerprint density at radius 3 is 2.50 bits per heavy atom. The average Bonchev–Trinajstić information content (AvgIpc) is 2.72. The second-order valence-corrected chi connectivity index (χ2v) is 5.96. The van der Waals surface area contributed by atoms with Gasteiger partial charge < -0.3 is 5.32 Å². The van der Waals surface area contributed by atoms with Gasteiger partial charge in [0.05, 0.1) is 0 Å². The molecule has 0 saturated heterocycles. The van der Waals surface area contributed by atoms with E-state index in [1.54, 1.807) is 0 Å². The molecule has 3 saturated carbocycles. The molecule has 0 aromatic rings. The van der Waals surface area contributed by atoms with Crippen LogP contribution in [0.15, 0.2) is 0 Å². The van der Waals surface area contributed by atoms with E-state index in [0.29, 0.717) is 5.54 Å². The Balaban J connectivity index is 1.62. The Morgan fingerprint density at radius 1 is 1.21 bits per heavy atom. The van der Waals surface area contributed by atoms with Crippen LogP contribution < -0.4 is 5.32 Å². The predicted octanol–water partition coefficient (Wildman–Crippen LogP) is 2.93. The first-order valence-electron chi connectivity index (χ1n) is 6.15. The lowest BCUT2D eigenvalue weighted by Crippen LogP contribution is -2.57. The van der Waals surface area contributed by atoms with Crippen molar-refractivity contribution < 1.29 is 0 Å². The van der Waals surface area contributed by atoms with Crippen LogP contribution in [0.25, 0.3) is 0 Å². The summed E-state index contributed by atoms with van der Waals surface area (Å²) in [6.07, 6.45) is 9.89. The molecule has 2 heteroatoms. The van der Waals surface area contributed by atoms with E-state index in [2.05, 4.69) is 5.32 Å². The first kappa shape index (κ1) is 9.47. The molecule has 1 nitrogen and oxygen atoms in total. The third-order valence-corrected chi connectivity index (χ3v) is 5.31. The number of rotatable bonds is 3. The highest BCUT2D eigenvalue weighted by molar-refractivity contribution is 6.18. The molecule has 2 bridgehead atoms. The Kier molecular flexibility index (Phi) is 2.29. The van der Waals surface area contributed by atoms with Crippen LogP contribution in [0.3, 0.4) is 0 Å². The minimum atomic E-state index is 0.344. The van der Waals surface area contributed by atoms with Crippen molar-refractivity contribution in [1.29, 1.82) is 0 Å². The lowest BCUT2D eigenvalue weighted by atomic mass is 9.77. The molecule has 3 aliphatic carbocycles. The largest absolute Gasteiger partial charge is 0.307 e. The van der Waals surface area contributed by atoms with Crippen molar-refractivity contribution in [3.63, 3.8) is 0 Å². The summed E-state index contributed by atoms with van der Waals surface area (Å²) in [4.78, 5) is 0. The fourth-order valence-corrected chi connectivity index (χ4v) is 4.08. The maximum absolute atomic E-state index is 6.08. The second-order valence-electron chi connectivity index (χ2n) is 5.69. The normalized spacial score (nSPS) is 43.9.